The van der Waals surface area contributed by atoms with Crippen molar-refractivity contribution in [2.75, 3.05) is 7.11 Å². The number of nitriles is 1. The van der Waals surface area contributed by atoms with E-state index in [2.05, 4.69) is 11.4 Å². The first kappa shape index (κ1) is 15.6. The lowest BCUT2D eigenvalue weighted by molar-refractivity contribution is -0.121. The first-order valence-corrected chi connectivity index (χ1v) is 7.59. The fourth-order valence-electron chi connectivity index (χ4n) is 2.62. The normalized spacial score (nSPS) is 10.3. The lowest BCUT2D eigenvalue weighted by Crippen LogP contribution is -2.26. The monoisotopic (exact) mass is 319 g/mol. The van der Waals surface area contributed by atoms with Gasteiger partial charge in [-0.2, -0.15) is 5.26 Å². The Morgan fingerprint density at radius 1 is 1.21 bits per heavy atom. The van der Waals surface area contributed by atoms with Crippen molar-refractivity contribution >= 4 is 16.8 Å². The summed E-state index contributed by atoms with van der Waals surface area (Å²) >= 11 is 0. The zero-order valence-electron chi connectivity index (χ0n) is 13.3. The summed E-state index contributed by atoms with van der Waals surface area (Å²) in [5.41, 5.74) is 2.46. The summed E-state index contributed by atoms with van der Waals surface area (Å²) in [5, 5.41) is 13.0. The number of amides is 1. The van der Waals surface area contributed by atoms with Crippen molar-refractivity contribution in [3.8, 4) is 11.8 Å². The largest absolute Gasteiger partial charge is 0.497 e. The number of nitrogens with one attached hydrogen (secondary N) is 1. The van der Waals surface area contributed by atoms with Gasteiger partial charge in [-0.15, -0.1) is 0 Å². The van der Waals surface area contributed by atoms with Crippen molar-refractivity contribution in [2.45, 2.75) is 13.1 Å². The van der Waals surface area contributed by atoms with Crippen molar-refractivity contribution < 1.29 is 9.53 Å². The van der Waals surface area contributed by atoms with E-state index in [1.807, 2.05) is 48.5 Å². The highest BCUT2D eigenvalue weighted by atomic mass is 16.5. The second-order valence-corrected chi connectivity index (χ2v) is 5.42. The van der Waals surface area contributed by atoms with Gasteiger partial charge in [0.1, 0.15) is 18.4 Å². The highest BCUT2D eigenvalue weighted by Gasteiger charge is 2.10. The average molecular weight is 319 g/mol. The van der Waals surface area contributed by atoms with E-state index in [0.29, 0.717) is 12.1 Å². The number of hydrogen-bond donors (Lipinski definition) is 1. The van der Waals surface area contributed by atoms with E-state index in [4.69, 9.17) is 4.74 Å². The maximum absolute atomic E-state index is 12.2. The van der Waals surface area contributed by atoms with Gasteiger partial charge in [-0.25, -0.2) is 0 Å². The molecular formula is C19H17N3O2. The van der Waals surface area contributed by atoms with Gasteiger partial charge in [-0.3, -0.25) is 4.79 Å². The minimum atomic E-state index is -0.101. The molecule has 3 aromatic rings. The lowest BCUT2D eigenvalue weighted by Gasteiger charge is -2.08. The summed E-state index contributed by atoms with van der Waals surface area (Å²) in [7, 11) is 1.62. The van der Waals surface area contributed by atoms with Gasteiger partial charge in [0.05, 0.1) is 12.7 Å². The number of fused-ring (bicyclic) bond motifs is 1. The molecule has 0 aliphatic carbocycles. The van der Waals surface area contributed by atoms with E-state index in [1.54, 1.807) is 17.9 Å². The molecular weight excluding hydrogens is 302 g/mol. The third-order valence-electron chi connectivity index (χ3n) is 3.87. The molecule has 0 radical (unpaired) electrons. The van der Waals surface area contributed by atoms with Crippen LogP contribution in [0.3, 0.4) is 0 Å². The molecule has 0 unspecified atom stereocenters. The van der Waals surface area contributed by atoms with Crippen LogP contribution in [0.15, 0.2) is 54.7 Å². The molecule has 0 aliphatic rings. The summed E-state index contributed by atoms with van der Waals surface area (Å²) in [4.78, 5) is 12.2. The van der Waals surface area contributed by atoms with Gasteiger partial charge in [0, 0.05) is 23.6 Å². The molecule has 0 atom stereocenters. The van der Waals surface area contributed by atoms with Gasteiger partial charge in [-0.1, -0.05) is 30.3 Å². The molecule has 0 bridgehead atoms. The second-order valence-electron chi connectivity index (χ2n) is 5.42. The second kappa shape index (κ2) is 6.88. The molecule has 0 saturated carbocycles. The summed E-state index contributed by atoms with van der Waals surface area (Å²) in [6, 6.07) is 17.3. The number of carbonyl (C=O) groups is 1. The van der Waals surface area contributed by atoms with Crippen LogP contribution in [0.4, 0.5) is 0 Å². The van der Waals surface area contributed by atoms with Crippen molar-refractivity contribution in [3.05, 3.63) is 65.9 Å². The Labute approximate surface area is 140 Å². The summed E-state index contributed by atoms with van der Waals surface area (Å²) < 4.78 is 6.91. The topological polar surface area (TPSA) is 67.0 Å². The van der Waals surface area contributed by atoms with Gasteiger partial charge < -0.3 is 14.6 Å². The smallest absolute Gasteiger partial charge is 0.240 e. The number of rotatable bonds is 5. The standard InChI is InChI=1S/C19H17N3O2/c1-24-16-8-6-14(7-9-16)11-21-19(23)13-22-12-15(10-20)17-4-2-3-5-18(17)22/h2-9,12H,11,13H2,1H3,(H,21,23). The molecule has 0 spiro atoms. The molecule has 1 heterocycles. The molecule has 1 aromatic heterocycles. The summed E-state index contributed by atoms with van der Waals surface area (Å²) in [6.45, 7) is 0.630. The number of nitrogens with zero attached hydrogens (tertiary/aromatic N) is 2. The van der Waals surface area contributed by atoms with E-state index in [-0.39, 0.29) is 12.5 Å². The quantitative estimate of drug-likeness (QED) is 0.786. The Morgan fingerprint density at radius 3 is 2.67 bits per heavy atom. The van der Waals surface area contributed by atoms with E-state index in [1.165, 1.54) is 0 Å². The van der Waals surface area contributed by atoms with Crippen LogP contribution >= 0.6 is 0 Å². The van der Waals surface area contributed by atoms with Crippen molar-refractivity contribution in [2.24, 2.45) is 0 Å². The highest BCUT2D eigenvalue weighted by molar-refractivity contribution is 5.88. The van der Waals surface area contributed by atoms with Crippen molar-refractivity contribution in [1.82, 2.24) is 9.88 Å². The molecule has 5 nitrogen and oxygen atoms in total. The molecule has 3 rings (SSSR count). The molecule has 2 aromatic carbocycles. The van der Waals surface area contributed by atoms with Gasteiger partial charge in [-0.05, 0) is 23.8 Å². The van der Waals surface area contributed by atoms with Gasteiger partial charge in [0.25, 0.3) is 0 Å². The van der Waals surface area contributed by atoms with Crippen molar-refractivity contribution in [1.29, 1.82) is 5.26 Å². The third kappa shape index (κ3) is 3.23. The fraction of sp³-hybridized carbons (Fsp3) is 0.158. The van der Waals surface area contributed by atoms with Crippen LogP contribution in [0, 0.1) is 11.3 Å². The zero-order chi connectivity index (χ0) is 16.9. The van der Waals surface area contributed by atoms with E-state index < -0.39 is 0 Å². The number of hydrogen-bond acceptors (Lipinski definition) is 3. The maximum Gasteiger partial charge on any atom is 0.240 e. The number of aromatic nitrogens is 1. The molecule has 120 valence electrons. The Bertz CT molecular complexity index is 905. The molecule has 1 amide bonds. The number of ether oxygens (including phenoxy) is 1. The van der Waals surface area contributed by atoms with Crippen LogP contribution in [0.2, 0.25) is 0 Å². The molecule has 5 heteroatoms. The number of benzene rings is 2. The van der Waals surface area contributed by atoms with Crippen LogP contribution in [0.25, 0.3) is 10.9 Å². The number of para-hydroxylation sites is 1. The molecule has 24 heavy (non-hydrogen) atoms. The van der Waals surface area contributed by atoms with E-state index in [0.717, 1.165) is 22.2 Å². The van der Waals surface area contributed by atoms with Crippen LogP contribution in [0.5, 0.6) is 5.75 Å². The van der Waals surface area contributed by atoms with E-state index >= 15 is 0 Å². The summed E-state index contributed by atoms with van der Waals surface area (Å²) in [6.07, 6.45) is 1.72. The Morgan fingerprint density at radius 2 is 1.96 bits per heavy atom. The minimum absolute atomic E-state index is 0.101. The SMILES string of the molecule is COc1ccc(CNC(=O)Cn2cc(C#N)c3ccccc32)cc1. The van der Waals surface area contributed by atoms with Gasteiger partial charge >= 0.3 is 0 Å². The van der Waals surface area contributed by atoms with Gasteiger partial charge in [0.15, 0.2) is 0 Å². The van der Waals surface area contributed by atoms with Crippen LogP contribution in [0.1, 0.15) is 11.1 Å². The maximum atomic E-state index is 12.2. The first-order valence-electron chi connectivity index (χ1n) is 7.59. The van der Waals surface area contributed by atoms with Crippen LogP contribution < -0.4 is 10.1 Å². The third-order valence-corrected chi connectivity index (χ3v) is 3.87. The molecule has 0 aliphatic heterocycles. The highest BCUT2D eigenvalue weighted by Crippen LogP contribution is 2.20. The predicted molar refractivity (Wildman–Crippen MR) is 91.5 cm³/mol. The first-order chi connectivity index (χ1) is 11.7. The zero-order valence-corrected chi connectivity index (χ0v) is 13.3. The number of methoxy groups -OCH3 is 1. The van der Waals surface area contributed by atoms with Gasteiger partial charge in [0.2, 0.25) is 5.91 Å². The Balaban J connectivity index is 1.68. The minimum Gasteiger partial charge on any atom is -0.497 e. The van der Waals surface area contributed by atoms with Crippen molar-refractivity contribution in [3.63, 3.8) is 0 Å². The Hall–Kier alpha value is -3.26. The predicted octanol–water partition coefficient (Wildman–Crippen LogP) is 2.84. The average Bonchev–Trinajstić information content (AvgIpc) is 2.98. The molecule has 1 N–H and O–H groups in total. The summed E-state index contributed by atoms with van der Waals surface area (Å²) in [5.74, 6) is 0.684. The Kier molecular flexibility index (Phi) is 4.48. The number of carbonyl (C=O) groups excluding carboxylic acids is 1. The van der Waals surface area contributed by atoms with E-state index in [9.17, 15) is 10.1 Å². The fourth-order valence-corrected chi connectivity index (χ4v) is 2.62. The molecule has 0 saturated heterocycles. The molecule has 0 fully saturated rings. The van der Waals surface area contributed by atoms with Crippen LogP contribution in [-0.2, 0) is 17.9 Å². The lowest BCUT2D eigenvalue weighted by atomic mass is 10.2. The van der Waals surface area contributed by atoms with Crippen LogP contribution in [-0.4, -0.2) is 17.6 Å².